The van der Waals surface area contributed by atoms with Gasteiger partial charge in [0.1, 0.15) is 11.5 Å². The summed E-state index contributed by atoms with van der Waals surface area (Å²) in [5, 5.41) is 0. The molecule has 0 saturated heterocycles. The molecule has 0 saturated carbocycles. The molecule has 0 unspecified atom stereocenters. The quantitative estimate of drug-likeness (QED) is 0.280. The lowest BCUT2D eigenvalue weighted by molar-refractivity contribution is 0.334. The van der Waals surface area contributed by atoms with Gasteiger partial charge >= 0.3 is 0 Å². The van der Waals surface area contributed by atoms with Crippen molar-refractivity contribution in [2.24, 2.45) is 0 Å². The van der Waals surface area contributed by atoms with Gasteiger partial charge in [-0.25, -0.2) is 8.42 Å². The third-order valence-electron chi connectivity index (χ3n) is 3.32. The van der Waals surface area contributed by atoms with Crippen LogP contribution in [0.4, 0.5) is 0 Å². The molecule has 148 valence electrons. The van der Waals surface area contributed by atoms with Gasteiger partial charge in [-0.15, -0.1) is 0 Å². The van der Waals surface area contributed by atoms with Gasteiger partial charge in [-0.2, -0.15) is 0 Å². The average Bonchev–Trinajstić information content (AvgIpc) is 2.61. The van der Waals surface area contributed by atoms with E-state index in [0.29, 0.717) is 51.5 Å². The van der Waals surface area contributed by atoms with Gasteiger partial charge < -0.3 is 9.47 Å². The largest absolute Gasteiger partial charge is 0.491 e. The molecule has 0 aliphatic rings. The third kappa shape index (κ3) is 4.80. The van der Waals surface area contributed by atoms with Crippen molar-refractivity contribution >= 4 is 105 Å². The number of hydrogen-bond acceptors (Lipinski definition) is 4. The molecule has 0 aliphatic heterocycles. The molecule has 0 bridgehead atoms. The topological polar surface area (TPSA) is 52.6 Å². The van der Waals surface area contributed by atoms with E-state index < -0.39 is 9.84 Å². The van der Waals surface area contributed by atoms with E-state index in [1.165, 1.54) is 12.1 Å². The second-order valence-corrected chi connectivity index (χ2v) is 11.8. The van der Waals surface area contributed by atoms with Crippen molar-refractivity contribution in [3.05, 3.63) is 39.0 Å². The van der Waals surface area contributed by atoms with Crippen LogP contribution < -0.4 is 9.47 Å². The maximum atomic E-state index is 13.5. The third-order valence-corrected chi connectivity index (χ3v) is 11.1. The molecule has 0 fully saturated rings. The molecule has 0 radical (unpaired) electrons. The Morgan fingerprint density at radius 1 is 0.704 bits per heavy atom. The monoisotopic (exact) mass is 774 g/mol. The van der Waals surface area contributed by atoms with Crippen LogP contribution in [0.15, 0.2) is 48.8 Å². The van der Waals surface area contributed by atoms with Gasteiger partial charge in [0.15, 0.2) is 0 Å². The summed E-state index contributed by atoms with van der Waals surface area (Å²) >= 11 is 20.4. The fourth-order valence-corrected chi connectivity index (χ4v) is 8.25. The molecule has 2 aromatic rings. The molecule has 0 N–H and O–H groups in total. The van der Waals surface area contributed by atoms with E-state index in [2.05, 4.69) is 95.6 Å². The fraction of sp³-hybridized carbons (Fsp3) is 0.250. The van der Waals surface area contributed by atoms with E-state index in [9.17, 15) is 8.42 Å². The summed E-state index contributed by atoms with van der Waals surface area (Å²) in [6.07, 6.45) is 0. The summed E-state index contributed by atoms with van der Waals surface area (Å²) in [7, 11) is -3.92. The number of rotatable bonds is 6. The van der Waals surface area contributed by atoms with Crippen LogP contribution in [0.25, 0.3) is 0 Å². The van der Waals surface area contributed by atoms with Crippen LogP contribution in [0.5, 0.6) is 11.5 Å². The molecule has 0 spiro atoms. The van der Waals surface area contributed by atoms with Gasteiger partial charge in [-0.3, -0.25) is 0 Å². The minimum atomic E-state index is -3.92. The Bertz CT molecular complexity index is 918. The first kappa shape index (κ1) is 24.1. The maximum absolute atomic E-state index is 13.5. The van der Waals surface area contributed by atoms with Crippen molar-refractivity contribution in [2.45, 2.75) is 23.6 Å². The number of sulfone groups is 1. The van der Waals surface area contributed by atoms with Crippen molar-refractivity contribution in [1.29, 1.82) is 0 Å². The van der Waals surface area contributed by atoms with E-state index in [0.717, 1.165) is 0 Å². The van der Waals surface area contributed by atoms with Gasteiger partial charge in [0, 0.05) is 8.95 Å². The molecule has 0 heterocycles. The summed E-state index contributed by atoms with van der Waals surface area (Å²) in [4.78, 5) is 0.136. The van der Waals surface area contributed by atoms with Gasteiger partial charge in [0.2, 0.25) is 9.84 Å². The van der Waals surface area contributed by atoms with Gasteiger partial charge in [0.05, 0.1) is 40.9 Å². The lowest BCUT2D eigenvalue weighted by atomic mass is 10.3. The van der Waals surface area contributed by atoms with Crippen LogP contribution in [0.1, 0.15) is 13.8 Å². The summed E-state index contributed by atoms with van der Waals surface area (Å²) in [6, 6.07) is 3.05. The molecule has 27 heavy (non-hydrogen) atoms. The average molecular weight is 780 g/mol. The van der Waals surface area contributed by atoms with Crippen LogP contribution >= 0.6 is 95.6 Å². The smallest absolute Gasteiger partial charge is 0.209 e. The van der Waals surface area contributed by atoms with Crippen LogP contribution in [-0.2, 0) is 9.84 Å². The highest BCUT2D eigenvalue weighted by molar-refractivity contribution is 9.13. The first-order chi connectivity index (χ1) is 12.6. The predicted octanol–water partition coefficient (Wildman–Crippen LogP) is 7.89. The normalized spacial score (nSPS) is 11.6. The summed E-state index contributed by atoms with van der Waals surface area (Å²) < 4.78 is 41.2. The second kappa shape index (κ2) is 9.78. The maximum Gasteiger partial charge on any atom is 0.209 e. The Kier molecular flexibility index (Phi) is 8.75. The first-order valence-electron chi connectivity index (χ1n) is 7.43. The first-order valence-corrected chi connectivity index (χ1v) is 13.7. The highest BCUT2D eigenvalue weighted by Gasteiger charge is 2.30. The van der Waals surface area contributed by atoms with Gasteiger partial charge in [-0.1, -0.05) is 0 Å². The Morgan fingerprint density at radius 2 is 1.04 bits per heavy atom. The lowest BCUT2D eigenvalue weighted by Gasteiger charge is -2.17. The molecule has 2 rings (SSSR count). The molecule has 4 nitrogen and oxygen atoms in total. The van der Waals surface area contributed by atoms with E-state index in [4.69, 9.17) is 9.47 Å². The number of ether oxygens (including phenoxy) is 2. The number of benzene rings is 2. The van der Waals surface area contributed by atoms with Crippen molar-refractivity contribution in [1.82, 2.24) is 0 Å². The Balaban J connectivity index is 2.82. The molecule has 11 heteroatoms. The summed E-state index contributed by atoms with van der Waals surface area (Å²) in [5.41, 5.74) is 0. The number of halogens is 6. The van der Waals surface area contributed by atoms with Crippen molar-refractivity contribution in [3.8, 4) is 11.5 Å². The van der Waals surface area contributed by atoms with Crippen molar-refractivity contribution in [3.63, 3.8) is 0 Å². The van der Waals surface area contributed by atoms with E-state index in [-0.39, 0.29) is 9.79 Å². The van der Waals surface area contributed by atoms with Crippen molar-refractivity contribution in [2.75, 3.05) is 13.2 Å². The number of hydrogen-bond donors (Lipinski definition) is 0. The van der Waals surface area contributed by atoms with Crippen LogP contribution in [0.3, 0.4) is 0 Å². The zero-order chi connectivity index (χ0) is 20.5. The highest BCUT2D eigenvalue weighted by atomic mass is 79.9. The predicted molar refractivity (Wildman–Crippen MR) is 127 cm³/mol. The fourth-order valence-electron chi connectivity index (χ4n) is 2.17. The van der Waals surface area contributed by atoms with E-state index in [1.54, 1.807) is 0 Å². The molecule has 0 aliphatic carbocycles. The lowest BCUT2D eigenvalue weighted by Crippen LogP contribution is -2.08. The highest BCUT2D eigenvalue weighted by Crippen LogP contribution is 2.48. The molecule has 0 aromatic heterocycles. The minimum Gasteiger partial charge on any atom is -0.491 e. The zero-order valence-electron chi connectivity index (χ0n) is 13.9. The molecule has 0 atom stereocenters. The van der Waals surface area contributed by atoms with Crippen LogP contribution in [0, 0.1) is 0 Å². The van der Waals surface area contributed by atoms with Crippen LogP contribution in [-0.4, -0.2) is 21.6 Å². The minimum absolute atomic E-state index is 0.0680. The summed E-state index contributed by atoms with van der Waals surface area (Å²) in [5.74, 6) is 0.811. The Morgan fingerprint density at radius 3 is 1.33 bits per heavy atom. The van der Waals surface area contributed by atoms with E-state index in [1.807, 2.05) is 13.8 Å². The Hall–Kier alpha value is 0.870. The van der Waals surface area contributed by atoms with Crippen molar-refractivity contribution < 1.29 is 17.9 Å². The van der Waals surface area contributed by atoms with Gasteiger partial charge in [0.25, 0.3) is 0 Å². The van der Waals surface area contributed by atoms with Crippen LogP contribution in [0.2, 0.25) is 0 Å². The standard InChI is InChI=1S/C16H12Br6O4S/c1-3-25-15-11(19)7(17)5-9(13(15)21)27(23,24)10-6-8(18)12(20)16(14(10)22)26-4-2/h5-6H,3-4H2,1-2H3. The molecular formula is C16H12Br6O4S. The molecule has 0 amide bonds. The van der Waals surface area contributed by atoms with Gasteiger partial charge in [-0.05, 0) is 122 Å². The Labute approximate surface area is 208 Å². The SMILES string of the molecule is CCOc1c(Br)c(Br)cc(S(=O)(=O)c2cc(Br)c(Br)c(OCC)c2Br)c1Br. The zero-order valence-corrected chi connectivity index (χ0v) is 24.2. The molecule has 2 aromatic carbocycles. The summed E-state index contributed by atoms with van der Waals surface area (Å²) in [6.45, 7) is 4.42. The second-order valence-electron chi connectivity index (χ2n) is 5.00. The van der Waals surface area contributed by atoms with E-state index >= 15 is 0 Å². The molecular weight excluding hydrogens is 768 g/mol.